The van der Waals surface area contributed by atoms with Gasteiger partial charge in [0.2, 0.25) is 0 Å². The summed E-state index contributed by atoms with van der Waals surface area (Å²) in [4.78, 5) is 15.3. The van der Waals surface area contributed by atoms with Crippen LogP contribution in [0.5, 0.6) is 0 Å². The van der Waals surface area contributed by atoms with Crippen LogP contribution in [-0.4, -0.2) is 43.5 Å². The number of rotatable bonds is 2. The topological polar surface area (TPSA) is 20.3 Å². The molecule has 1 aromatic rings. The highest BCUT2D eigenvalue weighted by Gasteiger charge is 2.50. The van der Waals surface area contributed by atoms with E-state index in [9.17, 15) is 4.79 Å². The number of likely N-dealkylation sites (tertiary alicyclic amines) is 1. The fourth-order valence-corrected chi connectivity index (χ4v) is 5.15. The SMILES string of the molecule is CC(=O)[N+](C)(c1ccc(Br)cc1)C1CCCC2CCCN(C)C21. The molecule has 1 saturated carbocycles. The molecule has 1 saturated heterocycles. The fraction of sp³-hybridized carbons (Fsp3) is 0.632. The first-order chi connectivity index (χ1) is 10.9. The van der Waals surface area contributed by atoms with Gasteiger partial charge >= 0.3 is 5.91 Å². The standard InChI is InChI=1S/C19H28BrN2O/c1-14(23)22(3,17-11-9-16(20)10-12-17)18-8-4-6-15-7-5-13-21(2)19(15)18/h9-12,15,18-19H,4-8,13H2,1-3H3/q+1. The van der Waals surface area contributed by atoms with Gasteiger partial charge in [-0.25, -0.2) is 9.28 Å². The maximum absolute atomic E-state index is 12.8. The third-order valence-corrected chi connectivity index (χ3v) is 6.76. The highest BCUT2D eigenvalue weighted by Crippen LogP contribution is 2.41. The number of amides is 1. The predicted molar refractivity (Wildman–Crippen MR) is 99.3 cm³/mol. The minimum absolute atomic E-state index is 0.247. The van der Waals surface area contributed by atoms with E-state index < -0.39 is 0 Å². The van der Waals surface area contributed by atoms with E-state index in [2.05, 4.69) is 59.2 Å². The van der Waals surface area contributed by atoms with Crippen LogP contribution in [0.2, 0.25) is 0 Å². The zero-order valence-corrected chi connectivity index (χ0v) is 16.1. The van der Waals surface area contributed by atoms with Crippen LogP contribution in [0.25, 0.3) is 0 Å². The van der Waals surface area contributed by atoms with E-state index in [0.717, 1.165) is 29.0 Å². The maximum atomic E-state index is 12.8. The number of piperidine rings is 1. The monoisotopic (exact) mass is 379 g/mol. The number of hydrogen-bond donors (Lipinski definition) is 0. The lowest BCUT2D eigenvalue weighted by atomic mass is 9.74. The van der Waals surface area contributed by atoms with E-state index >= 15 is 0 Å². The van der Waals surface area contributed by atoms with E-state index in [-0.39, 0.29) is 5.91 Å². The highest BCUT2D eigenvalue weighted by molar-refractivity contribution is 9.10. The average molecular weight is 380 g/mol. The van der Waals surface area contributed by atoms with Crippen LogP contribution in [-0.2, 0) is 4.79 Å². The zero-order valence-electron chi connectivity index (χ0n) is 14.5. The molecule has 0 aromatic heterocycles. The molecule has 0 radical (unpaired) electrons. The third-order valence-electron chi connectivity index (χ3n) is 6.23. The molecule has 1 aliphatic carbocycles. The lowest BCUT2D eigenvalue weighted by Gasteiger charge is -2.51. The van der Waals surface area contributed by atoms with Crippen LogP contribution in [0.1, 0.15) is 39.0 Å². The number of halogens is 1. The van der Waals surface area contributed by atoms with Crippen molar-refractivity contribution in [2.75, 3.05) is 20.6 Å². The number of likely N-dealkylation sites (N-methyl/N-ethyl adjacent to an activating group) is 2. The molecule has 4 atom stereocenters. The lowest BCUT2D eigenvalue weighted by Crippen LogP contribution is -2.67. The molecule has 2 fully saturated rings. The van der Waals surface area contributed by atoms with Gasteiger partial charge in [0, 0.05) is 23.0 Å². The number of nitrogens with zero attached hydrogens (tertiary/aromatic N) is 2. The first-order valence-corrected chi connectivity index (χ1v) is 9.57. The molecule has 23 heavy (non-hydrogen) atoms. The van der Waals surface area contributed by atoms with Crippen molar-refractivity contribution in [1.82, 2.24) is 9.38 Å². The highest BCUT2D eigenvalue weighted by atomic mass is 79.9. The summed E-state index contributed by atoms with van der Waals surface area (Å²) in [5, 5.41) is 0. The van der Waals surface area contributed by atoms with E-state index in [1.54, 1.807) is 6.92 Å². The van der Waals surface area contributed by atoms with Crippen LogP contribution in [0.3, 0.4) is 0 Å². The Hall–Kier alpha value is -0.710. The number of carbonyl (C=O) groups excluding carboxylic acids is 1. The molecule has 1 amide bonds. The molecule has 2 aliphatic rings. The Morgan fingerprint density at radius 1 is 1.17 bits per heavy atom. The number of quaternary nitrogens is 1. The van der Waals surface area contributed by atoms with Crippen LogP contribution in [0.15, 0.2) is 28.7 Å². The number of fused-ring (bicyclic) bond motifs is 1. The van der Waals surface area contributed by atoms with Crippen LogP contribution >= 0.6 is 15.9 Å². The lowest BCUT2D eigenvalue weighted by molar-refractivity contribution is -0.132. The van der Waals surface area contributed by atoms with Gasteiger partial charge in [-0.3, -0.25) is 4.90 Å². The molecular weight excluding hydrogens is 352 g/mol. The number of benzene rings is 1. The Kier molecular flexibility index (Phi) is 4.96. The molecule has 0 bridgehead atoms. The van der Waals surface area contributed by atoms with E-state index in [4.69, 9.17) is 0 Å². The molecule has 0 spiro atoms. The van der Waals surface area contributed by atoms with Crippen molar-refractivity contribution < 1.29 is 4.79 Å². The van der Waals surface area contributed by atoms with Gasteiger partial charge in [0.25, 0.3) is 0 Å². The third kappa shape index (κ3) is 3.01. The zero-order chi connectivity index (χ0) is 16.6. The predicted octanol–water partition coefficient (Wildman–Crippen LogP) is 4.20. The van der Waals surface area contributed by atoms with E-state index in [1.165, 1.54) is 25.7 Å². The second-order valence-corrected chi connectivity index (χ2v) is 8.36. The van der Waals surface area contributed by atoms with Crippen LogP contribution < -0.4 is 4.48 Å². The van der Waals surface area contributed by atoms with Crippen LogP contribution in [0.4, 0.5) is 5.69 Å². The van der Waals surface area contributed by atoms with Gasteiger partial charge in [-0.15, -0.1) is 0 Å². The Balaban J connectivity index is 2.02. The number of hydrogen-bond acceptors (Lipinski definition) is 2. The van der Waals surface area contributed by atoms with Gasteiger partial charge in [-0.2, -0.15) is 0 Å². The Labute approximate surface area is 148 Å². The van der Waals surface area contributed by atoms with Gasteiger partial charge in [0.1, 0.15) is 11.7 Å². The molecule has 4 unspecified atom stereocenters. The normalized spacial score (nSPS) is 31.2. The summed E-state index contributed by atoms with van der Waals surface area (Å²) in [6, 6.07) is 9.21. The quantitative estimate of drug-likeness (QED) is 0.717. The molecular formula is C19H28BrN2O+. The molecule has 126 valence electrons. The molecule has 3 rings (SSSR count). The second-order valence-electron chi connectivity index (χ2n) is 7.44. The van der Waals surface area contributed by atoms with Crippen molar-refractivity contribution in [3.63, 3.8) is 0 Å². The minimum atomic E-state index is 0.247. The van der Waals surface area contributed by atoms with Crippen molar-refractivity contribution >= 4 is 27.5 Å². The average Bonchev–Trinajstić information content (AvgIpc) is 2.54. The second kappa shape index (κ2) is 6.66. The first-order valence-electron chi connectivity index (χ1n) is 8.78. The fourth-order valence-electron chi connectivity index (χ4n) is 4.89. The van der Waals surface area contributed by atoms with Gasteiger partial charge in [0.05, 0.1) is 20.0 Å². The van der Waals surface area contributed by atoms with Crippen molar-refractivity contribution in [3.8, 4) is 0 Å². The van der Waals surface area contributed by atoms with E-state index in [0.29, 0.717) is 16.6 Å². The molecule has 1 heterocycles. The van der Waals surface area contributed by atoms with Gasteiger partial charge in [0.15, 0.2) is 0 Å². The summed E-state index contributed by atoms with van der Waals surface area (Å²) in [5.74, 6) is 0.997. The van der Waals surface area contributed by atoms with Gasteiger partial charge in [-0.1, -0.05) is 15.9 Å². The molecule has 0 N–H and O–H groups in total. The smallest absolute Gasteiger partial charge is 0.298 e. The van der Waals surface area contributed by atoms with E-state index in [1.807, 2.05) is 0 Å². The number of carbonyl (C=O) groups is 1. The van der Waals surface area contributed by atoms with Crippen molar-refractivity contribution in [2.45, 2.75) is 51.1 Å². The summed E-state index contributed by atoms with van der Waals surface area (Å²) in [6.45, 7) is 2.92. The molecule has 1 aliphatic heterocycles. The summed E-state index contributed by atoms with van der Waals surface area (Å²) < 4.78 is 1.49. The van der Waals surface area contributed by atoms with Crippen LogP contribution in [0, 0.1) is 5.92 Å². The van der Waals surface area contributed by atoms with Gasteiger partial charge in [-0.05, 0) is 57.3 Å². The molecule has 4 heteroatoms. The Morgan fingerprint density at radius 3 is 2.48 bits per heavy atom. The molecule has 1 aromatic carbocycles. The Morgan fingerprint density at radius 2 is 1.83 bits per heavy atom. The molecule has 3 nitrogen and oxygen atoms in total. The van der Waals surface area contributed by atoms with Crippen molar-refractivity contribution in [2.24, 2.45) is 5.92 Å². The summed E-state index contributed by atoms with van der Waals surface area (Å²) in [7, 11) is 4.38. The minimum Gasteiger partial charge on any atom is -0.298 e. The maximum Gasteiger partial charge on any atom is 0.315 e. The Bertz CT molecular complexity index is 571. The van der Waals surface area contributed by atoms with Gasteiger partial charge < -0.3 is 0 Å². The summed E-state index contributed by atoms with van der Waals surface area (Å²) >= 11 is 3.51. The van der Waals surface area contributed by atoms with Crippen molar-refractivity contribution in [3.05, 3.63) is 28.7 Å². The first kappa shape index (κ1) is 17.1. The van der Waals surface area contributed by atoms with Crippen molar-refractivity contribution in [1.29, 1.82) is 0 Å². The summed E-state index contributed by atoms with van der Waals surface area (Å²) in [5.41, 5.74) is 1.12. The largest absolute Gasteiger partial charge is 0.315 e. The summed E-state index contributed by atoms with van der Waals surface area (Å²) in [6.07, 6.45) is 6.33.